The van der Waals surface area contributed by atoms with Crippen molar-refractivity contribution in [3.05, 3.63) is 52.8 Å². The number of aryl methyl sites for hydroxylation is 2. The van der Waals surface area contributed by atoms with Gasteiger partial charge in [0.2, 0.25) is 0 Å². The Kier molecular flexibility index (Phi) is 7.99. The van der Waals surface area contributed by atoms with Crippen LogP contribution in [0.1, 0.15) is 50.8 Å². The highest BCUT2D eigenvalue weighted by Crippen LogP contribution is 2.27. The monoisotopic (exact) mass is 491 g/mol. The summed E-state index contributed by atoms with van der Waals surface area (Å²) in [5.74, 6) is 0.0217. The molecule has 1 aromatic carbocycles. The summed E-state index contributed by atoms with van der Waals surface area (Å²) >= 11 is 6.11. The Balaban J connectivity index is 1.84. The van der Waals surface area contributed by atoms with Gasteiger partial charge in [0.05, 0.1) is 11.2 Å². The summed E-state index contributed by atoms with van der Waals surface area (Å²) in [5, 5.41) is 6.10. The molecule has 2 aromatic heterocycles. The zero-order chi connectivity index (χ0) is 24.2. The minimum atomic E-state index is -3.96. The number of fused-ring (bicyclic) bond motifs is 1. The summed E-state index contributed by atoms with van der Waals surface area (Å²) in [7, 11) is -2.14. The molecule has 3 aromatic rings. The normalized spacial score (nSPS) is 12.3. The lowest BCUT2D eigenvalue weighted by Crippen LogP contribution is -2.44. The topological polar surface area (TPSA) is 98.0 Å². The van der Waals surface area contributed by atoms with Crippen molar-refractivity contribution in [2.24, 2.45) is 7.05 Å². The number of benzene rings is 1. The minimum absolute atomic E-state index is 0.197. The zero-order valence-corrected chi connectivity index (χ0v) is 20.9. The van der Waals surface area contributed by atoms with Crippen LogP contribution in [-0.4, -0.2) is 34.7 Å². The number of amides is 1. The number of carbonyl (C=O) groups excluding carboxylic acids is 1. The van der Waals surface area contributed by atoms with E-state index in [-0.39, 0.29) is 6.04 Å². The molecule has 1 amide bonds. The molecule has 0 aliphatic heterocycles. The first-order valence-corrected chi connectivity index (χ1v) is 12.8. The second kappa shape index (κ2) is 10.5. The SMILES string of the molecule is CCCC(CCC)NS(=O)(=O)NC(=O)/C=C/c1c(C)nn(C)c1-n1ccc2cc(Cl)ccc21. The number of rotatable bonds is 10. The van der Waals surface area contributed by atoms with Gasteiger partial charge in [-0.15, -0.1) is 0 Å². The molecular formula is C23H30ClN5O3S. The van der Waals surface area contributed by atoms with E-state index in [0.29, 0.717) is 29.1 Å². The van der Waals surface area contributed by atoms with Crippen LogP contribution in [0.25, 0.3) is 22.8 Å². The van der Waals surface area contributed by atoms with Crippen LogP contribution in [0, 0.1) is 6.92 Å². The Morgan fingerprint density at radius 2 is 1.91 bits per heavy atom. The summed E-state index contributed by atoms with van der Waals surface area (Å²) in [6.07, 6.45) is 7.84. The van der Waals surface area contributed by atoms with Crippen molar-refractivity contribution >= 4 is 44.7 Å². The second-order valence-electron chi connectivity index (χ2n) is 8.03. The molecule has 33 heavy (non-hydrogen) atoms. The maximum atomic E-state index is 12.4. The van der Waals surface area contributed by atoms with E-state index in [1.807, 2.05) is 62.8 Å². The van der Waals surface area contributed by atoms with Crippen molar-refractivity contribution in [3.63, 3.8) is 0 Å². The molecule has 0 bridgehead atoms. The zero-order valence-electron chi connectivity index (χ0n) is 19.3. The number of hydrogen-bond acceptors (Lipinski definition) is 4. The number of hydrogen-bond donors (Lipinski definition) is 2. The van der Waals surface area contributed by atoms with Gasteiger partial charge in [0, 0.05) is 41.3 Å². The first kappa shape index (κ1) is 25.0. The maximum absolute atomic E-state index is 12.4. The van der Waals surface area contributed by atoms with E-state index >= 15 is 0 Å². The van der Waals surface area contributed by atoms with Gasteiger partial charge in [-0.1, -0.05) is 38.3 Å². The molecule has 0 aliphatic rings. The molecule has 0 saturated heterocycles. The fourth-order valence-electron chi connectivity index (χ4n) is 3.97. The number of aromatic nitrogens is 3. The van der Waals surface area contributed by atoms with Crippen LogP contribution in [0.5, 0.6) is 0 Å². The molecule has 0 atom stereocenters. The minimum Gasteiger partial charge on any atom is -0.301 e. The Hall–Kier alpha value is -2.62. The first-order valence-electron chi connectivity index (χ1n) is 11.0. The van der Waals surface area contributed by atoms with Gasteiger partial charge in [0.1, 0.15) is 5.82 Å². The van der Waals surface area contributed by atoms with Gasteiger partial charge in [0.25, 0.3) is 5.91 Å². The fraction of sp³-hybridized carbons (Fsp3) is 0.391. The Labute approximate surface area is 199 Å². The smallest absolute Gasteiger partial charge is 0.301 e. The largest absolute Gasteiger partial charge is 0.301 e. The molecule has 2 N–H and O–H groups in total. The van der Waals surface area contributed by atoms with Gasteiger partial charge >= 0.3 is 10.2 Å². The average Bonchev–Trinajstić information content (AvgIpc) is 3.24. The molecule has 8 nitrogen and oxygen atoms in total. The van der Waals surface area contributed by atoms with Gasteiger partial charge < -0.3 is 4.57 Å². The lowest BCUT2D eigenvalue weighted by Gasteiger charge is -2.17. The van der Waals surface area contributed by atoms with Gasteiger partial charge in [-0.3, -0.25) is 9.48 Å². The van der Waals surface area contributed by atoms with Crippen LogP contribution in [0.4, 0.5) is 0 Å². The van der Waals surface area contributed by atoms with Crippen molar-refractivity contribution in [2.45, 2.75) is 52.5 Å². The van der Waals surface area contributed by atoms with Gasteiger partial charge in [-0.05, 0) is 50.1 Å². The van der Waals surface area contributed by atoms with Crippen molar-refractivity contribution in [2.75, 3.05) is 0 Å². The number of carbonyl (C=O) groups is 1. The molecule has 0 spiro atoms. The lowest BCUT2D eigenvalue weighted by atomic mass is 10.1. The molecule has 0 fully saturated rings. The highest BCUT2D eigenvalue weighted by molar-refractivity contribution is 7.88. The quantitative estimate of drug-likeness (QED) is 0.414. The van der Waals surface area contributed by atoms with E-state index in [2.05, 4.69) is 14.5 Å². The van der Waals surface area contributed by atoms with Gasteiger partial charge in [-0.25, -0.2) is 4.72 Å². The highest BCUT2D eigenvalue weighted by atomic mass is 35.5. The van der Waals surface area contributed by atoms with E-state index < -0.39 is 16.1 Å². The number of nitrogens with zero attached hydrogens (tertiary/aromatic N) is 3. The molecule has 0 aliphatic carbocycles. The molecule has 10 heteroatoms. The molecule has 178 valence electrons. The van der Waals surface area contributed by atoms with E-state index in [1.165, 1.54) is 6.08 Å². The summed E-state index contributed by atoms with van der Waals surface area (Å²) < 4.78 is 33.1. The number of halogens is 1. The number of nitrogens with one attached hydrogen (secondary N) is 2. The van der Waals surface area contributed by atoms with Crippen LogP contribution >= 0.6 is 11.6 Å². The van der Waals surface area contributed by atoms with Crippen LogP contribution in [0.3, 0.4) is 0 Å². The third kappa shape index (κ3) is 6.04. The van der Waals surface area contributed by atoms with Crippen molar-refractivity contribution < 1.29 is 13.2 Å². The Morgan fingerprint density at radius 3 is 2.58 bits per heavy atom. The molecule has 0 saturated carbocycles. The highest BCUT2D eigenvalue weighted by Gasteiger charge is 2.19. The van der Waals surface area contributed by atoms with E-state index in [1.54, 1.807) is 10.8 Å². The summed E-state index contributed by atoms with van der Waals surface area (Å²) in [6, 6.07) is 7.36. The predicted molar refractivity (Wildman–Crippen MR) is 133 cm³/mol. The second-order valence-corrected chi connectivity index (χ2v) is 9.91. The summed E-state index contributed by atoms with van der Waals surface area (Å²) in [5.41, 5.74) is 2.35. The fourth-order valence-corrected chi connectivity index (χ4v) is 5.22. The van der Waals surface area contributed by atoms with Crippen LogP contribution in [-0.2, 0) is 22.1 Å². The van der Waals surface area contributed by atoms with E-state index in [0.717, 1.165) is 29.6 Å². The van der Waals surface area contributed by atoms with Crippen molar-refractivity contribution in [1.82, 2.24) is 23.8 Å². The molecule has 0 radical (unpaired) electrons. The Bertz CT molecular complexity index is 1270. The van der Waals surface area contributed by atoms with Crippen LogP contribution < -0.4 is 9.44 Å². The maximum Gasteiger partial charge on any atom is 0.301 e. The van der Waals surface area contributed by atoms with Crippen LogP contribution in [0.15, 0.2) is 36.5 Å². The predicted octanol–water partition coefficient (Wildman–Crippen LogP) is 4.26. The summed E-state index contributed by atoms with van der Waals surface area (Å²) in [4.78, 5) is 12.4. The first-order chi connectivity index (χ1) is 15.6. The van der Waals surface area contributed by atoms with E-state index in [9.17, 15) is 13.2 Å². The Morgan fingerprint density at radius 1 is 1.21 bits per heavy atom. The van der Waals surface area contributed by atoms with E-state index in [4.69, 9.17) is 11.6 Å². The molecule has 0 unspecified atom stereocenters. The molecular weight excluding hydrogens is 462 g/mol. The lowest BCUT2D eigenvalue weighted by molar-refractivity contribution is -0.114. The molecule has 2 heterocycles. The standard InChI is InChI=1S/C23H30ClN5O3S/c1-5-7-19(8-6-2)26-33(31,32)27-22(30)12-10-20-16(3)25-28(4)23(20)29-14-13-17-15-18(24)9-11-21(17)29/h9-15,19,26H,5-8H2,1-4H3,(H,27,30)/b12-10+. The van der Waals surface area contributed by atoms with Gasteiger partial charge in [-0.2, -0.15) is 18.2 Å². The third-order valence-corrected chi connectivity index (χ3v) is 6.70. The van der Waals surface area contributed by atoms with Gasteiger partial charge in [0.15, 0.2) is 0 Å². The average molecular weight is 492 g/mol. The van der Waals surface area contributed by atoms with Crippen molar-refractivity contribution in [1.29, 1.82) is 0 Å². The summed E-state index contributed by atoms with van der Waals surface area (Å²) in [6.45, 7) is 5.82. The van der Waals surface area contributed by atoms with Crippen molar-refractivity contribution in [3.8, 4) is 5.82 Å². The van der Waals surface area contributed by atoms with Crippen LogP contribution in [0.2, 0.25) is 5.02 Å². The molecule has 3 rings (SSSR count). The third-order valence-electron chi connectivity index (χ3n) is 5.35.